The van der Waals surface area contributed by atoms with Gasteiger partial charge in [0.05, 0.1) is 0 Å². The van der Waals surface area contributed by atoms with Crippen molar-refractivity contribution in [1.29, 1.82) is 0 Å². The Morgan fingerprint density at radius 1 is 1.42 bits per heavy atom. The average Bonchev–Trinajstić information content (AvgIpc) is 2.09. The van der Waals surface area contributed by atoms with Crippen LogP contribution in [0, 0.1) is 24.2 Å². The van der Waals surface area contributed by atoms with E-state index in [1.54, 1.807) is 0 Å². The SMILES string of the molecule is CC#CCC(C)CCC[CH]CC. The van der Waals surface area contributed by atoms with Crippen molar-refractivity contribution < 1.29 is 0 Å². The molecule has 0 aromatic heterocycles. The summed E-state index contributed by atoms with van der Waals surface area (Å²) in [4.78, 5) is 0. The summed E-state index contributed by atoms with van der Waals surface area (Å²) < 4.78 is 0. The lowest BCUT2D eigenvalue weighted by Crippen LogP contribution is -1.92. The molecule has 0 saturated carbocycles. The third-order valence-electron chi connectivity index (χ3n) is 2.02. The second-order valence-electron chi connectivity index (χ2n) is 3.36. The number of hydrogen-bond acceptors (Lipinski definition) is 0. The van der Waals surface area contributed by atoms with Gasteiger partial charge in [-0.3, -0.25) is 0 Å². The molecular formula is C12H21. The Hall–Kier alpha value is -0.440. The van der Waals surface area contributed by atoms with Crippen molar-refractivity contribution in [3.05, 3.63) is 6.42 Å². The first kappa shape index (κ1) is 11.6. The highest BCUT2D eigenvalue weighted by atomic mass is 14.0. The van der Waals surface area contributed by atoms with Crippen LogP contribution in [0.1, 0.15) is 52.9 Å². The molecule has 0 saturated heterocycles. The van der Waals surface area contributed by atoms with E-state index in [1.807, 2.05) is 6.92 Å². The molecule has 12 heavy (non-hydrogen) atoms. The van der Waals surface area contributed by atoms with Crippen molar-refractivity contribution in [2.75, 3.05) is 0 Å². The molecule has 1 unspecified atom stereocenters. The van der Waals surface area contributed by atoms with Gasteiger partial charge in [0.1, 0.15) is 0 Å². The molecule has 0 aliphatic heterocycles. The third-order valence-corrected chi connectivity index (χ3v) is 2.02. The van der Waals surface area contributed by atoms with Crippen LogP contribution in [0.15, 0.2) is 0 Å². The summed E-state index contributed by atoms with van der Waals surface area (Å²) in [6, 6.07) is 0. The first-order chi connectivity index (χ1) is 5.81. The highest BCUT2D eigenvalue weighted by molar-refractivity contribution is 4.95. The van der Waals surface area contributed by atoms with Crippen molar-refractivity contribution in [2.45, 2.75) is 52.9 Å². The maximum Gasteiger partial charge on any atom is 0.0114 e. The van der Waals surface area contributed by atoms with Crippen molar-refractivity contribution in [1.82, 2.24) is 0 Å². The van der Waals surface area contributed by atoms with Crippen LogP contribution < -0.4 is 0 Å². The Morgan fingerprint density at radius 3 is 2.75 bits per heavy atom. The van der Waals surface area contributed by atoms with Gasteiger partial charge >= 0.3 is 0 Å². The molecule has 0 aliphatic carbocycles. The number of rotatable bonds is 6. The van der Waals surface area contributed by atoms with Crippen LogP contribution >= 0.6 is 0 Å². The van der Waals surface area contributed by atoms with Gasteiger partial charge in [-0.25, -0.2) is 0 Å². The fourth-order valence-corrected chi connectivity index (χ4v) is 1.19. The van der Waals surface area contributed by atoms with Crippen LogP contribution in [0.4, 0.5) is 0 Å². The molecule has 0 fully saturated rings. The molecule has 0 heteroatoms. The van der Waals surface area contributed by atoms with Crippen LogP contribution in [0.5, 0.6) is 0 Å². The zero-order valence-corrected chi connectivity index (χ0v) is 8.69. The van der Waals surface area contributed by atoms with Crippen molar-refractivity contribution in [3.63, 3.8) is 0 Å². The third kappa shape index (κ3) is 7.66. The minimum atomic E-state index is 0.780. The van der Waals surface area contributed by atoms with Crippen molar-refractivity contribution in [3.8, 4) is 11.8 Å². The van der Waals surface area contributed by atoms with E-state index in [9.17, 15) is 0 Å². The summed E-state index contributed by atoms with van der Waals surface area (Å²) in [6.07, 6.45) is 8.58. The fourth-order valence-electron chi connectivity index (χ4n) is 1.19. The molecule has 69 valence electrons. The monoisotopic (exact) mass is 165 g/mol. The normalized spacial score (nSPS) is 11.9. The summed E-state index contributed by atoms with van der Waals surface area (Å²) in [7, 11) is 0. The topological polar surface area (TPSA) is 0 Å². The lowest BCUT2D eigenvalue weighted by Gasteiger charge is -2.05. The lowest BCUT2D eigenvalue weighted by molar-refractivity contribution is 0.519. The van der Waals surface area contributed by atoms with Crippen LogP contribution in [-0.4, -0.2) is 0 Å². The summed E-state index contributed by atoms with van der Waals surface area (Å²) in [6.45, 7) is 6.40. The highest BCUT2D eigenvalue weighted by Crippen LogP contribution is 2.12. The largest absolute Gasteiger partial charge is 0.107 e. The highest BCUT2D eigenvalue weighted by Gasteiger charge is 1.98. The van der Waals surface area contributed by atoms with Gasteiger partial charge in [0, 0.05) is 6.42 Å². The van der Waals surface area contributed by atoms with Crippen molar-refractivity contribution >= 4 is 0 Å². The quantitative estimate of drug-likeness (QED) is 0.414. The van der Waals surface area contributed by atoms with Crippen LogP contribution in [0.3, 0.4) is 0 Å². The molecule has 1 atom stereocenters. The first-order valence-corrected chi connectivity index (χ1v) is 5.02. The Bertz CT molecular complexity index is 136. The van der Waals surface area contributed by atoms with E-state index in [4.69, 9.17) is 0 Å². The molecular weight excluding hydrogens is 144 g/mol. The second-order valence-corrected chi connectivity index (χ2v) is 3.36. The van der Waals surface area contributed by atoms with Crippen LogP contribution in [-0.2, 0) is 0 Å². The van der Waals surface area contributed by atoms with Crippen molar-refractivity contribution in [2.24, 2.45) is 5.92 Å². The van der Waals surface area contributed by atoms with Gasteiger partial charge in [0.25, 0.3) is 0 Å². The maximum absolute atomic E-state index is 3.13. The Balaban J connectivity index is 3.17. The van der Waals surface area contributed by atoms with E-state index in [1.165, 1.54) is 25.7 Å². The fraction of sp³-hybridized carbons (Fsp3) is 0.750. The van der Waals surface area contributed by atoms with E-state index >= 15 is 0 Å². The van der Waals surface area contributed by atoms with Gasteiger partial charge in [-0.15, -0.1) is 11.8 Å². The average molecular weight is 165 g/mol. The van der Waals surface area contributed by atoms with Gasteiger partial charge in [-0.05, 0) is 25.7 Å². The molecule has 0 aromatic rings. The minimum absolute atomic E-state index is 0.780. The van der Waals surface area contributed by atoms with E-state index in [0.29, 0.717) is 0 Å². The first-order valence-electron chi connectivity index (χ1n) is 5.02. The predicted molar refractivity (Wildman–Crippen MR) is 55.7 cm³/mol. The zero-order valence-electron chi connectivity index (χ0n) is 8.69. The maximum atomic E-state index is 3.13. The summed E-state index contributed by atoms with van der Waals surface area (Å²) >= 11 is 0. The van der Waals surface area contributed by atoms with Gasteiger partial charge in [0.2, 0.25) is 0 Å². The van der Waals surface area contributed by atoms with Crippen LogP contribution in [0.25, 0.3) is 0 Å². The molecule has 0 aliphatic rings. The van der Waals surface area contributed by atoms with Gasteiger partial charge in [0.15, 0.2) is 0 Å². The molecule has 0 bridgehead atoms. The number of unbranched alkanes of at least 4 members (excludes halogenated alkanes) is 3. The molecule has 0 rings (SSSR count). The molecule has 0 N–H and O–H groups in total. The Kier molecular flexibility index (Phi) is 8.34. The summed E-state index contributed by atoms with van der Waals surface area (Å²) in [5, 5.41) is 0. The summed E-state index contributed by atoms with van der Waals surface area (Å²) in [5.74, 6) is 6.85. The van der Waals surface area contributed by atoms with Gasteiger partial charge in [-0.2, -0.15) is 0 Å². The molecule has 0 heterocycles. The zero-order chi connectivity index (χ0) is 9.23. The molecule has 0 amide bonds. The van der Waals surface area contributed by atoms with E-state index in [-0.39, 0.29) is 0 Å². The second kappa shape index (κ2) is 8.65. The van der Waals surface area contributed by atoms with Crippen LogP contribution in [0.2, 0.25) is 0 Å². The Morgan fingerprint density at radius 2 is 2.17 bits per heavy atom. The van der Waals surface area contributed by atoms with E-state index in [2.05, 4.69) is 32.1 Å². The minimum Gasteiger partial charge on any atom is -0.107 e. The van der Waals surface area contributed by atoms with E-state index in [0.717, 1.165) is 12.3 Å². The van der Waals surface area contributed by atoms with Gasteiger partial charge < -0.3 is 0 Å². The summed E-state index contributed by atoms with van der Waals surface area (Å²) in [5.41, 5.74) is 0. The van der Waals surface area contributed by atoms with E-state index < -0.39 is 0 Å². The molecule has 0 aromatic carbocycles. The standard InChI is InChI=1S/C12H21/c1-4-6-8-9-11-12(3)10-7-5-2/h6,12H,4,8-11H2,1-3H3. The smallest absolute Gasteiger partial charge is 0.0114 e. The molecule has 0 nitrogen and oxygen atoms in total. The molecule has 0 spiro atoms. The molecule has 1 radical (unpaired) electrons. The van der Waals surface area contributed by atoms with Gasteiger partial charge in [-0.1, -0.05) is 33.1 Å². The predicted octanol–water partition coefficient (Wildman–Crippen LogP) is 3.82. The Labute approximate surface area is 77.8 Å². The lowest BCUT2D eigenvalue weighted by atomic mass is 10.00. The number of hydrogen-bond donors (Lipinski definition) is 0.